The first-order valence-electron chi connectivity index (χ1n) is 9.48. The second-order valence-corrected chi connectivity index (χ2v) is 7.27. The van der Waals surface area contributed by atoms with Gasteiger partial charge in [-0.1, -0.05) is 0 Å². The van der Waals surface area contributed by atoms with Crippen LogP contribution in [-0.4, -0.2) is 63.6 Å². The Kier molecular flexibility index (Phi) is 6.37. The first-order chi connectivity index (χ1) is 14.6. The number of halogens is 3. The molecular weight excluding hydrogens is 421 g/mol. The molecule has 4 rings (SSSR count). The molecule has 2 fully saturated rings. The van der Waals surface area contributed by atoms with Gasteiger partial charge in [-0.15, -0.1) is 0 Å². The average molecular weight is 442 g/mol. The number of hydrogen-bond acceptors (Lipinski definition) is 5. The number of carbonyl (C=O) groups is 3. The van der Waals surface area contributed by atoms with Gasteiger partial charge in [0.05, 0.1) is 30.6 Å². The highest BCUT2D eigenvalue weighted by Crippen LogP contribution is 2.32. The molecule has 0 bridgehead atoms. The van der Waals surface area contributed by atoms with E-state index in [-0.39, 0.29) is 17.7 Å². The minimum atomic E-state index is -5.08. The molecule has 12 heteroatoms. The number of carboxylic acids is 1. The Labute approximate surface area is 174 Å². The molecule has 1 saturated carbocycles. The van der Waals surface area contributed by atoms with E-state index in [4.69, 9.17) is 14.6 Å². The van der Waals surface area contributed by atoms with Crippen LogP contribution in [0.3, 0.4) is 0 Å². The smallest absolute Gasteiger partial charge is 0.490 e. The van der Waals surface area contributed by atoms with Crippen molar-refractivity contribution in [2.24, 2.45) is 5.92 Å². The summed E-state index contributed by atoms with van der Waals surface area (Å²) in [6.45, 7) is 0.872. The number of nitrogens with zero attached hydrogens (tertiary/aromatic N) is 2. The predicted molar refractivity (Wildman–Crippen MR) is 101 cm³/mol. The van der Waals surface area contributed by atoms with Gasteiger partial charge in [0.1, 0.15) is 11.6 Å². The number of benzene rings is 1. The molecule has 2 amide bonds. The molecule has 1 aromatic carbocycles. The largest absolute Gasteiger partial charge is 0.497 e. The average Bonchev–Trinajstić information content (AvgIpc) is 3.35. The normalized spacial score (nSPS) is 18.5. The molecule has 1 saturated heterocycles. The number of imidazole rings is 1. The zero-order chi connectivity index (χ0) is 22.8. The van der Waals surface area contributed by atoms with Crippen LogP contribution < -0.4 is 10.1 Å². The monoisotopic (exact) mass is 442 g/mol. The van der Waals surface area contributed by atoms with Gasteiger partial charge >= 0.3 is 12.1 Å². The number of nitrogens with one attached hydrogen (secondary N) is 2. The lowest BCUT2D eigenvalue weighted by molar-refractivity contribution is -0.192. The van der Waals surface area contributed by atoms with Crippen LogP contribution in [0.5, 0.6) is 5.75 Å². The van der Waals surface area contributed by atoms with Gasteiger partial charge in [-0.3, -0.25) is 9.59 Å². The van der Waals surface area contributed by atoms with E-state index >= 15 is 0 Å². The summed E-state index contributed by atoms with van der Waals surface area (Å²) in [7, 11) is 1.62. The third-order valence-corrected chi connectivity index (χ3v) is 4.93. The van der Waals surface area contributed by atoms with Crippen LogP contribution in [0.4, 0.5) is 13.2 Å². The molecule has 1 atom stereocenters. The minimum absolute atomic E-state index is 0.0791. The molecule has 0 radical (unpaired) electrons. The van der Waals surface area contributed by atoms with E-state index in [0.29, 0.717) is 31.4 Å². The molecular formula is C19H21F3N4O5. The van der Waals surface area contributed by atoms with Gasteiger partial charge < -0.3 is 25.0 Å². The molecule has 3 N–H and O–H groups in total. The molecule has 168 valence electrons. The number of rotatable bonds is 5. The summed E-state index contributed by atoms with van der Waals surface area (Å²) in [5, 5.41) is 10.0. The van der Waals surface area contributed by atoms with E-state index in [1.807, 2.05) is 23.1 Å². The van der Waals surface area contributed by atoms with E-state index in [1.165, 1.54) is 0 Å². The van der Waals surface area contributed by atoms with E-state index in [9.17, 15) is 22.8 Å². The van der Waals surface area contributed by atoms with Crippen molar-refractivity contribution in [2.75, 3.05) is 13.7 Å². The van der Waals surface area contributed by atoms with Crippen LogP contribution in [0.25, 0.3) is 11.0 Å². The van der Waals surface area contributed by atoms with E-state index < -0.39 is 12.1 Å². The van der Waals surface area contributed by atoms with Crippen molar-refractivity contribution in [3.8, 4) is 5.75 Å². The first kappa shape index (κ1) is 22.4. The van der Waals surface area contributed by atoms with Crippen molar-refractivity contribution in [3.63, 3.8) is 0 Å². The van der Waals surface area contributed by atoms with Gasteiger partial charge in [-0.05, 0) is 25.0 Å². The van der Waals surface area contributed by atoms with Crippen molar-refractivity contribution in [1.82, 2.24) is 20.2 Å². The Morgan fingerprint density at radius 3 is 2.61 bits per heavy atom. The van der Waals surface area contributed by atoms with Gasteiger partial charge in [0.15, 0.2) is 0 Å². The maximum absolute atomic E-state index is 12.3. The summed E-state index contributed by atoms with van der Waals surface area (Å²) in [6, 6.07) is 5.97. The van der Waals surface area contributed by atoms with Gasteiger partial charge in [-0.2, -0.15) is 13.2 Å². The van der Waals surface area contributed by atoms with E-state index in [1.54, 1.807) is 7.11 Å². The van der Waals surface area contributed by atoms with Crippen LogP contribution in [0.2, 0.25) is 0 Å². The molecule has 1 unspecified atom stereocenters. The Morgan fingerprint density at radius 1 is 1.35 bits per heavy atom. The third-order valence-electron chi connectivity index (χ3n) is 4.93. The van der Waals surface area contributed by atoms with Crippen LogP contribution >= 0.6 is 0 Å². The fraction of sp³-hybridized carbons (Fsp3) is 0.474. The molecule has 2 heterocycles. The Balaban J connectivity index is 0.000000339. The molecule has 1 aliphatic carbocycles. The standard InChI is InChI=1S/C17H20N4O3.C2HF3O2/c1-24-12-4-5-13-14(7-12)20-15(19-13)8-18-17(23)10-6-16(22)21(9-10)11-2-3-11;3-2(4,5)1(6)7/h4-5,7,10-11H,2-3,6,8-9H2,1H3,(H,18,23)(H,19,20);(H,6,7). The lowest BCUT2D eigenvalue weighted by Crippen LogP contribution is -2.33. The Bertz CT molecular complexity index is 987. The number of methoxy groups -OCH3 is 1. The molecule has 2 aromatic rings. The second kappa shape index (κ2) is 8.82. The summed E-state index contributed by atoms with van der Waals surface area (Å²) < 4.78 is 36.9. The van der Waals surface area contributed by atoms with Crippen molar-refractivity contribution >= 4 is 28.8 Å². The van der Waals surface area contributed by atoms with Crippen molar-refractivity contribution in [3.05, 3.63) is 24.0 Å². The fourth-order valence-corrected chi connectivity index (χ4v) is 3.21. The third kappa shape index (κ3) is 5.64. The molecule has 9 nitrogen and oxygen atoms in total. The number of alkyl halides is 3. The number of fused-ring (bicyclic) bond motifs is 1. The number of hydrogen-bond donors (Lipinski definition) is 3. The lowest BCUT2D eigenvalue weighted by atomic mass is 10.1. The number of aromatic amines is 1. The Hall–Kier alpha value is -3.31. The summed E-state index contributed by atoms with van der Waals surface area (Å²) in [5.41, 5.74) is 1.70. The summed E-state index contributed by atoms with van der Waals surface area (Å²) >= 11 is 0. The van der Waals surface area contributed by atoms with Crippen molar-refractivity contribution in [1.29, 1.82) is 0 Å². The SMILES string of the molecule is COc1ccc2nc(CNC(=O)C3CC(=O)N(C4CC4)C3)[nH]c2c1.O=C(O)C(F)(F)F. The zero-order valence-corrected chi connectivity index (χ0v) is 16.5. The van der Waals surface area contributed by atoms with E-state index in [0.717, 1.165) is 29.6 Å². The van der Waals surface area contributed by atoms with Crippen molar-refractivity contribution in [2.45, 2.75) is 38.0 Å². The fourth-order valence-electron chi connectivity index (χ4n) is 3.21. The van der Waals surface area contributed by atoms with Crippen LogP contribution in [-0.2, 0) is 20.9 Å². The quantitative estimate of drug-likeness (QED) is 0.649. The molecule has 2 aliphatic rings. The topological polar surface area (TPSA) is 125 Å². The summed E-state index contributed by atoms with van der Waals surface area (Å²) in [5.74, 6) is -1.53. The summed E-state index contributed by atoms with van der Waals surface area (Å²) in [6.07, 6.45) is -2.62. The van der Waals surface area contributed by atoms with Crippen LogP contribution in [0, 0.1) is 5.92 Å². The van der Waals surface area contributed by atoms with Gasteiger partial charge in [0.2, 0.25) is 11.8 Å². The van der Waals surface area contributed by atoms with Crippen molar-refractivity contribution < 1.29 is 37.4 Å². The van der Waals surface area contributed by atoms with Crippen LogP contribution in [0.15, 0.2) is 18.2 Å². The molecule has 1 aliphatic heterocycles. The van der Waals surface area contributed by atoms with E-state index in [2.05, 4.69) is 15.3 Å². The number of H-pyrrole nitrogens is 1. The van der Waals surface area contributed by atoms with Crippen LogP contribution in [0.1, 0.15) is 25.1 Å². The highest BCUT2D eigenvalue weighted by molar-refractivity contribution is 5.89. The number of carboxylic acid groups (broad SMARTS) is 1. The lowest BCUT2D eigenvalue weighted by Gasteiger charge is -2.15. The van der Waals surface area contributed by atoms with Gasteiger partial charge in [0, 0.05) is 25.1 Å². The molecule has 1 aromatic heterocycles. The second-order valence-electron chi connectivity index (χ2n) is 7.27. The number of aromatic nitrogens is 2. The first-order valence-corrected chi connectivity index (χ1v) is 9.48. The van der Waals surface area contributed by atoms with Gasteiger partial charge in [0.25, 0.3) is 0 Å². The number of likely N-dealkylation sites (tertiary alicyclic amines) is 1. The maximum atomic E-state index is 12.3. The summed E-state index contributed by atoms with van der Waals surface area (Å²) in [4.78, 5) is 42.6. The Morgan fingerprint density at radius 2 is 2.03 bits per heavy atom. The number of ether oxygens (including phenoxy) is 1. The highest BCUT2D eigenvalue weighted by atomic mass is 19.4. The highest BCUT2D eigenvalue weighted by Gasteiger charge is 2.41. The minimum Gasteiger partial charge on any atom is -0.497 e. The zero-order valence-electron chi connectivity index (χ0n) is 16.5. The molecule has 0 spiro atoms. The van der Waals surface area contributed by atoms with Gasteiger partial charge in [-0.25, -0.2) is 9.78 Å². The number of amides is 2. The molecule has 31 heavy (non-hydrogen) atoms. The number of carbonyl (C=O) groups excluding carboxylic acids is 2. The predicted octanol–water partition coefficient (Wildman–Crippen LogP) is 1.83. The number of aliphatic carboxylic acids is 1. The maximum Gasteiger partial charge on any atom is 0.490 e.